The van der Waals surface area contributed by atoms with Crippen molar-refractivity contribution in [1.29, 1.82) is 5.26 Å². The Morgan fingerprint density at radius 2 is 2.22 bits per heavy atom. The zero-order valence-electron chi connectivity index (χ0n) is 10.1. The molecule has 0 aliphatic heterocycles. The summed E-state index contributed by atoms with van der Waals surface area (Å²) >= 11 is 5.83. The van der Waals surface area contributed by atoms with Gasteiger partial charge in [0.25, 0.3) is 0 Å². The molecule has 1 aliphatic rings. The number of nitrogens with one attached hydrogen (secondary N) is 1. The van der Waals surface area contributed by atoms with Crippen LogP contribution in [0.25, 0.3) is 0 Å². The van der Waals surface area contributed by atoms with Gasteiger partial charge in [0, 0.05) is 12.5 Å². The predicted molar refractivity (Wildman–Crippen MR) is 70.4 cm³/mol. The molecule has 0 amide bonds. The fourth-order valence-corrected chi connectivity index (χ4v) is 2.52. The van der Waals surface area contributed by atoms with Gasteiger partial charge in [0.15, 0.2) is 0 Å². The molecule has 0 bridgehead atoms. The summed E-state index contributed by atoms with van der Waals surface area (Å²) < 4.78 is 0. The Labute approximate surface area is 112 Å². The summed E-state index contributed by atoms with van der Waals surface area (Å²) in [4.78, 5) is 4.11. The maximum atomic E-state index is 9.86. The van der Waals surface area contributed by atoms with E-state index in [9.17, 15) is 5.11 Å². The maximum Gasteiger partial charge on any atom is 0.132 e. The monoisotopic (exact) mass is 265 g/mol. The summed E-state index contributed by atoms with van der Waals surface area (Å²) in [5, 5.41) is 22.2. The minimum Gasteiger partial charge on any atom is -0.393 e. The predicted octanol–water partition coefficient (Wildman–Crippen LogP) is 2.57. The van der Waals surface area contributed by atoms with Crippen LogP contribution in [-0.2, 0) is 0 Å². The van der Waals surface area contributed by atoms with Crippen molar-refractivity contribution in [2.45, 2.75) is 31.8 Å². The third-order valence-electron chi connectivity index (χ3n) is 3.34. The van der Waals surface area contributed by atoms with E-state index in [2.05, 4.69) is 10.3 Å². The molecule has 0 spiro atoms. The first-order valence-electron chi connectivity index (χ1n) is 6.18. The van der Waals surface area contributed by atoms with Crippen molar-refractivity contribution in [3.05, 3.63) is 22.8 Å². The fourth-order valence-electron chi connectivity index (χ4n) is 2.31. The lowest BCUT2D eigenvalue weighted by molar-refractivity contribution is 0.0763. The summed E-state index contributed by atoms with van der Waals surface area (Å²) in [7, 11) is 0. The van der Waals surface area contributed by atoms with Gasteiger partial charge in [-0.25, -0.2) is 4.98 Å². The van der Waals surface area contributed by atoms with Crippen molar-refractivity contribution in [3.63, 3.8) is 0 Å². The van der Waals surface area contributed by atoms with Crippen molar-refractivity contribution in [1.82, 2.24) is 4.98 Å². The minimum atomic E-state index is -0.235. The molecule has 0 aromatic carbocycles. The molecule has 5 heteroatoms. The molecule has 0 radical (unpaired) electrons. The van der Waals surface area contributed by atoms with Crippen molar-refractivity contribution < 1.29 is 5.11 Å². The van der Waals surface area contributed by atoms with Gasteiger partial charge in [-0.3, -0.25) is 0 Å². The molecule has 1 aromatic rings. The number of aliphatic hydroxyl groups is 1. The Kier molecular flexibility index (Phi) is 4.40. The van der Waals surface area contributed by atoms with Crippen LogP contribution in [0.1, 0.15) is 31.2 Å². The smallest absolute Gasteiger partial charge is 0.132 e. The van der Waals surface area contributed by atoms with Gasteiger partial charge in [0.1, 0.15) is 11.0 Å². The fraction of sp³-hybridized carbons (Fsp3) is 0.538. The van der Waals surface area contributed by atoms with E-state index in [0.717, 1.165) is 25.7 Å². The van der Waals surface area contributed by atoms with Crippen molar-refractivity contribution in [2.75, 3.05) is 11.9 Å². The summed E-state index contributed by atoms with van der Waals surface area (Å²) in [5.74, 6) is 0.849. The average molecular weight is 266 g/mol. The molecule has 96 valence electrons. The number of nitriles is 1. The van der Waals surface area contributed by atoms with Gasteiger partial charge < -0.3 is 10.4 Å². The SMILES string of the molecule is N#Cc1cc(Cl)nc(NCC2CCCCC2O)c1. The van der Waals surface area contributed by atoms with Crippen LogP contribution in [0.2, 0.25) is 5.15 Å². The van der Waals surface area contributed by atoms with Crippen LogP contribution in [-0.4, -0.2) is 22.7 Å². The van der Waals surface area contributed by atoms with Crippen molar-refractivity contribution in [3.8, 4) is 6.07 Å². The zero-order valence-corrected chi connectivity index (χ0v) is 10.8. The Bertz CT molecular complexity index is 458. The number of hydrogen-bond acceptors (Lipinski definition) is 4. The van der Waals surface area contributed by atoms with Crippen LogP contribution in [0.5, 0.6) is 0 Å². The number of aliphatic hydroxyl groups excluding tert-OH is 1. The number of hydrogen-bond donors (Lipinski definition) is 2. The highest BCUT2D eigenvalue weighted by molar-refractivity contribution is 6.29. The molecule has 1 heterocycles. The number of rotatable bonds is 3. The highest BCUT2D eigenvalue weighted by Gasteiger charge is 2.22. The van der Waals surface area contributed by atoms with Crippen molar-refractivity contribution >= 4 is 17.4 Å². The van der Waals surface area contributed by atoms with E-state index < -0.39 is 0 Å². The first-order valence-corrected chi connectivity index (χ1v) is 6.56. The second-order valence-corrected chi connectivity index (χ2v) is 5.06. The molecule has 0 saturated heterocycles. The van der Waals surface area contributed by atoms with Gasteiger partial charge in [0.05, 0.1) is 17.7 Å². The molecule has 4 nitrogen and oxygen atoms in total. The van der Waals surface area contributed by atoms with Crippen LogP contribution in [0.4, 0.5) is 5.82 Å². The largest absolute Gasteiger partial charge is 0.393 e. The lowest BCUT2D eigenvalue weighted by atomic mass is 9.86. The molecule has 1 saturated carbocycles. The molecule has 2 unspecified atom stereocenters. The Balaban J connectivity index is 1.97. The molecular weight excluding hydrogens is 250 g/mol. The lowest BCUT2D eigenvalue weighted by Gasteiger charge is -2.27. The molecular formula is C13H16ClN3O. The van der Waals surface area contributed by atoms with E-state index in [0.29, 0.717) is 23.1 Å². The van der Waals surface area contributed by atoms with Gasteiger partial charge in [-0.1, -0.05) is 24.4 Å². The lowest BCUT2D eigenvalue weighted by Crippen LogP contribution is -2.30. The minimum absolute atomic E-state index is 0.235. The molecule has 1 aliphatic carbocycles. The first-order chi connectivity index (χ1) is 8.69. The highest BCUT2D eigenvalue weighted by atomic mass is 35.5. The third kappa shape index (κ3) is 3.34. The third-order valence-corrected chi connectivity index (χ3v) is 3.53. The molecule has 18 heavy (non-hydrogen) atoms. The second-order valence-electron chi connectivity index (χ2n) is 4.67. The summed E-state index contributed by atoms with van der Waals surface area (Å²) in [6.45, 7) is 0.666. The van der Waals surface area contributed by atoms with E-state index in [4.69, 9.17) is 16.9 Å². The number of nitrogens with zero attached hydrogens (tertiary/aromatic N) is 2. The van der Waals surface area contributed by atoms with Crippen LogP contribution in [0.3, 0.4) is 0 Å². The van der Waals surface area contributed by atoms with Crippen LogP contribution >= 0.6 is 11.6 Å². The van der Waals surface area contributed by atoms with Crippen LogP contribution in [0, 0.1) is 17.2 Å². The van der Waals surface area contributed by atoms with Gasteiger partial charge in [-0.2, -0.15) is 5.26 Å². The standard InChI is InChI=1S/C13H16ClN3O/c14-12-5-9(7-15)6-13(17-12)16-8-10-3-1-2-4-11(10)18/h5-6,10-11,18H,1-4,8H2,(H,16,17). The van der Waals surface area contributed by atoms with Crippen LogP contribution in [0.15, 0.2) is 12.1 Å². The average Bonchev–Trinajstić information content (AvgIpc) is 2.37. The first kappa shape index (κ1) is 13.1. The van der Waals surface area contributed by atoms with E-state index in [1.807, 2.05) is 6.07 Å². The summed E-state index contributed by atoms with van der Waals surface area (Å²) in [5.41, 5.74) is 0.488. The number of halogens is 1. The van der Waals surface area contributed by atoms with E-state index in [1.165, 1.54) is 6.07 Å². The Morgan fingerprint density at radius 1 is 1.44 bits per heavy atom. The molecule has 2 rings (SSSR count). The van der Waals surface area contributed by atoms with E-state index in [-0.39, 0.29) is 12.0 Å². The topological polar surface area (TPSA) is 68.9 Å². The summed E-state index contributed by atoms with van der Waals surface area (Å²) in [6.07, 6.45) is 3.93. The molecule has 1 aromatic heterocycles. The van der Waals surface area contributed by atoms with E-state index >= 15 is 0 Å². The van der Waals surface area contributed by atoms with Gasteiger partial charge >= 0.3 is 0 Å². The van der Waals surface area contributed by atoms with Gasteiger partial charge in [0.2, 0.25) is 0 Å². The van der Waals surface area contributed by atoms with E-state index in [1.54, 1.807) is 6.07 Å². The van der Waals surface area contributed by atoms with Gasteiger partial charge in [-0.05, 0) is 25.0 Å². The highest BCUT2D eigenvalue weighted by Crippen LogP contribution is 2.24. The Morgan fingerprint density at radius 3 is 2.94 bits per heavy atom. The Hall–Kier alpha value is -1.31. The number of pyridine rings is 1. The maximum absolute atomic E-state index is 9.86. The second kappa shape index (κ2) is 6.03. The number of aromatic nitrogens is 1. The molecule has 2 N–H and O–H groups in total. The molecule has 2 atom stereocenters. The van der Waals surface area contributed by atoms with Crippen molar-refractivity contribution in [2.24, 2.45) is 5.92 Å². The van der Waals surface area contributed by atoms with Crippen LogP contribution < -0.4 is 5.32 Å². The van der Waals surface area contributed by atoms with Gasteiger partial charge in [-0.15, -0.1) is 0 Å². The normalized spacial score (nSPS) is 23.4. The number of anilines is 1. The zero-order chi connectivity index (χ0) is 13.0. The molecule has 1 fully saturated rings. The quantitative estimate of drug-likeness (QED) is 0.824. The summed E-state index contributed by atoms with van der Waals surface area (Å²) in [6, 6.07) is 5.24.